The molecule has 0 saturated heterocycles. The van der Waals surface area contributed by atoms with E-state index in [0.717, 1.165) is 56.8 Å². The molecule has 5 nitrogen and oxygen atoms in total. The predicted molar refractivity (Wildman–Crippen MR) is 438 cm³/mol. The molecule has 1 rings (SSSR count). The molecule has 6 heteroatoms. The molecule has 7 atom stereocenters. The first kappa shape index (κ1) is 95.1. The van der Waals surface area contributed by atoms with Gasteiger partial charge in [-0.25, -0.2) is 0 Å². The SMILES string of the molecule is CCCCCCCCCCCCCCCCCCCCCC[C@@H](C(=O)OC)[C@H](CCCCCCCCCCCCCCCCCC[C@H]1C[C@@H]1[C@@H](C)CC(CCCCCCCCCCCCCC)C(=O)O[C@H](C)CCCCCCCCCCCCCCCCCC)O[Si](C)(C)C(C)(C)C. The topological polar surface area (TPSA) is 61.8 Å². The Balaban J connectivity index is 2.29. The first-order valence-corrected chi connectivity index (χ1v) is 48.6. The van der Waals surface area contributed by atoms with Crippen LogP contribution in [0.2, 0.25) is 18.1 Å². The normalized spacial score (nSPS) is 15.8. The minimum Gasteiger partial charge on any atom is -0.469 e. The van der Waals surface area contributed by atoms with Gasteiger partial charge >= 0.3 is 11.9 Å². The van der Waals surface area contributed by atoms with Crippen molar-refractivity contribution in [1.29, 1.82) is 0 Å². The van der Waals surface area contributed by atoms with Crippen LogP contribution in [0.1, 0.15) is 511 Å². The third-order valence-electron chi connectivity index (χ3n) is 24.3. The van der Waals surface area contributed by atoms with E-state index in [1.165, 1.54) is 411 Å². The van der Waals surface area contributed by atoms with Crippen molar-refractivity contribution in [2.24, 2.45) is 29.6 Å². The molecular weight excluding hydrogens is 1210 g/mol. The number of methoxy groups -OCH3 is 1. The molecule has 0 heterocycles. The third-order valence-corrected chi connectivity index (χ3v) is 28.8. The molecule has 98 heavy (non-hydrogen) atoms. The zero-order valence-electron chi connectivity index (χ0n) is 69.3. The van der Waals surface area contributed by atoms with Crippen LogP contribution in [0, 0.1) is 29.6 Å². The average Bonchev–Trinajstić information content (AvgIpc) is 1.36. The van der Waals surface area contributed by atoms with Crippen LogP contribution in [-0.2, 0) is 23.5 Å². The Bertz CT molecular complexity index is 1660. The largest absolute Gasteiger partial charge is 0.469 e. The summed E-state index contributed by atoms with van der Waals surface area (Å²) in [5, 5.41) is 0.113. The zero-order chi connectivity index (χ0) is 71.5. The van der Waals surface area contributed by atoms with Crippen molar-refractivity contribution in [2.45, 2.75) is 542 Å². The van der Waals surface area contributed by atoms with Gasteiger partial charge in [-0.3, -0.25) is 9.59 Å². The van der Waals surface area contributed by atoms with Crippen LogP contribution in [0.25, 0.3) is 0 Å². The molecule has 584 valence electrons. The molecular formula is C92H182O5Si. The number of esters is 2. The summed E-state index contributed by atoms with van der Waals surface area (Å²) < 4.78 is 18.9. The van der Waals surface area contributed by atoms with Gasteiger partial charge in [0.05, 0.1) is 31.2 Å². The van der Waals surface area contributed by atoms with Crippen molar-refractivity contribution < 1.29 is 23.5 Å². The van der Waals surface area contributed by atoms with Crippen LogP contribution in [0.4, 0.5) is 0 Å². The molecule has 0 N–H and O–H groups in total. The molecule has 0 spiro atoms. The summed E-state index contributed by atoms with van der Waals surface area (Å²) in [7, 11) is -0.464. The monoisotopic (exact) mass is 1400 g/mol. The van der Waals surface area contributed by atoms with Crippen molar-refractivity contribution in [2.75, 3.05) is 7.11 Å². The van der Waals surface area contributed by atoms with Gasteiger partial charge in [0.1, 0.15) is 0 Å². The van der Waals surface area contributed by atoms with Crippen LogP contribution >= 0.6 is 0 Å². The number of hydrogen-bond donors (Lipinski definition) is 0. The van der Waals surface area contributed by atoms with Gasteiger partial charge in [0.25, 0.3) is 0 Å². The lowest BCUT2D eigenvalue weighted by Crippen LogP contribution is -2.47. The maximum atomic E-state index is 13.9. The fourth-order valence-electron chi connectivity index (χ4n) is 16.2. The average molecular weight is 1400 g/mol. The zero-order valence-corrected chi connectivity index (χ0v) is 70.3. The molecule has 1 aliphatic rings. The lowest BCUT2D eigenvalue weighted by Gasteiger charge is -2.41. The second-order valence-corrected chi connectivity index (χ2v) is 39.6. The molecule has 1 aliphatic carbocycles. The Morgan fingerprint density at radius 1 is 0.357 bits per heavy atom. The Hall–Kier alpha value is -0.883. The summed E-state index contributed by atoms with van der Waals surface area (Å²) in [6, 6.07) is 0. The molecule has 0 bridgehead atoms. The summed E-state index contributed by atoms with van der Waals surface area (Å²) >= 11 is 0. The number of unbranched alkanes of at least 4 members (excludes halogenated alkanes) is 60. The number of hydrogen-bond acceptors (Lipinski definition) is 5. The van der Waals surface area contributed by atoms with Crippen LogP contribution in [0.5, 0.6) is 0 Å². The summed E-state index contributed by atoms with van der Waals surface area (Å²) in [4.78, 5) is 27.3. The fraction of sp³-hybridized carbons (Fsp3) is 0.978. The van der Waals surface area contributed by atoms with E-state index in [2.05, 4.69) is 68.5 Å². The predicted octanol–water partition coefficient (Wildman–Crippen LogP) is 32.4. The van der Waals surface area contributed by atoms with Gasteiger partial charge in [0.15, 0.2) is 8.32 Å². The molecule has 0 radical (unpaired) electrons. The van der Waals surface area contributed by atoms with E-state index in [1.807, 2.05) is 0 Å². The van der Waals surface area contributed by atoms with Crippen molar-refractivity contribution in [3.05, 3.63) is 0 Å². The molecule has 1 unspecified atom stereocenters. The van der Waals surface area contributed by atoms with Crippen LogP contribution in [0.15, 0.2) is 0 Å². The highest BCUT2D eigenvalue weighted by atomic mass is 28.4. The van der Waals surface area contributed by atoms with Gasteiger partial charge < -0.3 is 13.9 Å². The van der Waals surface area contributed by atoms with Gasteiger partial charge in [0.2, 0.25) is 0 Å². The smallest absolute Gasteiger partial charge is 0.311 e. The molecule has 0 aliphatic heterocycles. The molecule has 1 fully saturated rings. The number of rotatable bonds is 79. The summed E-state index contributed by atoms with van der Waals surface area (Å²) in [5.74, 6) is 2.38. The van der Waals surface area contributed by atoms with E-state index in [4.69, 9.17) is 13.9 Å². The van der Waals surface area contributed by atoms with Crippen LogP contribution in [-0.4, -0.2) is 39.6 Å². The Morgan fingerprint density at radius 2 is 0.622 bits per heavy atom. The fourth-order valence-corrected chi connectivity index (χ4v) is 17.6. The molecule has 0 aromatic carbocycles. The van der Waals surface area contributed by atoms with Crippen molar-refractivity contribution in [3.8, 4) is 0 Å². The van der Waals surface area contributed by atoms with Crippen molar-refractivity contribution >= 4 is 20.3 Å². The third kappa shape index (κ3) is 58.4. The van der Waals surface area contributed by atoms with Crippen molar-refractivity contribution in [1.82, 2.24) is 0 Å². The molecule has 0 aromatic heterocycles. The molecule has 1 saturated carbocycles. The maximum absolute atomic E-state index is 13.9. The van der Waals surface area contributed by atoms with E-state index >= 15 is 0 Å². The molecule has 0 aromatic rings. The van der Waals surface area contributed by atoms with Crippen molar-refractivity contribution in [3.63, 3.8) is 0 Å². The van der Waals surface area contributed by atoms with E-state index in [-0.39, 0.29) is 41.0 Å². The van der Waals surface area contributed by atoms with Gasteiger partial charge in [-0.1, -0.05) is 459 Å². The van der Waals surface area contributed by atoms with E-state index in [1.54, 1.807) is 7.11 Å². The second kappa shape index (κ2) is 69.2. The van der Waals surface area contributed by atoms with E-state index in [9.17, 15) is 9.59 Å². The number of ether oxygens (including phenoxy) is 2. The maximum Gasteiger partial charge on any atom is 0.311 e. The highest BCUT2D eigenvalue weighted by Gasteiger charge is 2.43. The summed E-state index contributed by atoms with van der Waals surface area (Å²) in [5.41, 5.74) is 0. The first-order valence-electron chi connectivity index (χ1n) is 45.7. The van der Waals surface area contributed by atoms with Crippen LogP contribution in [0.3, 0.4) is 0 Å². The standard InChI is InChI=1S/C92H182O5Si/c1-12-15-18-21-24-27-30-33-35-37-38-39-40-45-49-54-59-64-69-74-79-87(91(94)95-9)89(97-98(10,11)92(6,7)8)80-75-70-65-60-55-50-46-42-41-44-48-53-57-62-67-72-77-85-82-88(85)83(4)81-86(78-73-68-63-58-52-32-29-26-23-20-17-14-3)90(93)96-84(5)76-71-66-61-56-51-47-43-36-34-31-28-25-22-19-16-13-2/h83-89H,12-82H2,1-11H3/t83-,84+,85-,86?,87+,88+,89-/m0/s1. The Kier molecular flexibility index (Phi) is 67.2. The number of carbonyl (C=O) groups is 2. The highest BCUT2D eigenvalue weighted by Crippen LogP contribution is 2.50. The number of carbonyl (C=O) groups excluding carboxylic acids is 2. The van der Waals surface area contributed by atoms with Gasteiger partial charge in [0, 0.05) is 0 Å². The van der Waals surface area contributed by atoms with Gasteiger partial charge in [-0.05, 0) is 87.8 Å². The lowest BCUT2D eigenvalue weighted by atomic mass is 9.87. The Labute approximate surface area is 618 Å². The minimum absolute atomic E-state index is 0.0280. The lowest BCUT2D eigenvalue weighted by molar-refractivity contribution is -0.154. The van der Waals surface area contributed by atoms with E-state index in [0.29, 0.717) is 5.92 Å². The van der Waals surface area contributed by atoms with E-state index < -0.39 is 8.32 Å². The minimum atomic E-state index is -2.05. The highest BCUT2D eigenvalue weighted by molar-refractivity contribution is 6.74. The summed E-state index contributed by atoms with van der Waals surface area (Å²) in [6.07, 6.45) is 96.1. The quantitative estimate of drug-likeness (QED) is 0.0345. The first-order chi connectivity index (χ1) is 47.7. The Morgan fingerprint density at radius 3 is 0.918 bits per heavy atom. The summed E-state index contributed by atoms with van der Waals surface area (Å²) in [6.45, 7) is 23.3. The molecule has 0 amide bonds. The second-order valence-electron chi connectivity index (χ2n) is 34.9. The van der Waals surface area contributed by atoms with Crippen LogP contribution < -0.4 is 0 Å². The van der Waals surface area contributed by atoms with Gasteiger partial charge in [-0.2, -0.15) is 0 Å². The van der Waals surface area contributed by atoms with Gasteiger partial charge in [-0.15, -0.1) is 0 Å².